The molecule has 0 bridgehead atoms. The molecule has 0 saturated carbocycles. The number of carbonyl (C=O) groups excluding carboxylic acids is 1. The van der Waals surface area contributed by atoms with Gasteiger partial charge >= 0.3 is 5.97 Å². The highest BCUT2D eigenvalue weighted by Gasteiger charge is 2.28. The van der Waals surface area contributed by atoms with Crippen LogP contribution in [-0.4, -0.2) is 19.7 Å². The van der Waals surface area contributed by atoms with Crippen molar-refractivity contribution in [1.82, 2.24) is 0 Å². The Kier molecular flexibility index (Phi) is 4.42. The second kappa shape index (κ2) is 6.71. The van der Waals surface area contributed by atoms with Crippen LogP contribution in [0.3, 0.4) is 0 Å². The molecule has 0 saturated heterocycles. The molecule has 0 spiro atoms. The molecule has 2 aromatic rings. The Morgan fingerprint density at radius 3 is 2.96 bits per heavy atom. The first kappa shape index (κ1) is 16.5. The van der Waals surface area contributed by atoms with Crippen molar-refractivity contribution in [3.05, 3.63) is 57.6 Å². The van der Waals surface area contributed by atoms with E-state index >= 15 is 0 Å². The van der Waals surface area contributed by atoms with Crippen molar-refractivity contribution in [3.8, 4) is 11.5 Å². The number of benzene rings is 2. The highest BCUT2D eigenvalue weighted by atomic mass is 79.9. The van der Waals surface area contributed by atoms with Gasteiger partial charge in [-0.2, -0.15) is 0 Å². The lowest BCUT2D eigenvalue weighted by Gasteiger charge is -2.16. The number of rotatable bonds is 4. The first-order chi connectivity index (χ1) is 12.1. The Labute approximate surface area is 155 Å². The molecule has 2 aromatic carbocycles. The molecular weight excluding hydrogens is 384 g/mol. The number of halogens is 1. The smallest absolute Gasteiger partial charge is 0.306 e. The number of aryl methyl sites for hydroxylation is 1. The molecule has 0 unspecified atom stereocenters. The second-order valence-corrected chi connectivity index (χ2v) is 7.39. The summed E-state index contributed by atoms with van der Waals surface area (Å²) in [5.74, 6) is 1.45. The van der Waals surface area contributed by atoms with Crippen LogP contribution in [0.1, 0.15) is 41.6 Å². The van der Waals surface area contributed by atoms with Gasteiger partial charge < -0.3 is 14.2 Å². The molecule has 1 aliphatic carbocycles. The van der Waals surface area contributed by atoms with Gasteiger partial charge in [0, 0.05) is 22.0 Å². The molecule has 25 heavy (non-hydrogen) atoms. The summed E-state index contributed by atoms with van der Waals surface area (Å²) in [5.41, 5.74) is 3.65. The predicted molar refractivity (Wildman–Crippen MR) is 97.1 cm³/mol. The number of carbonyl (C=O) groups is 1. The van der Waals surface area contributed by atoms with E-state index in [1.165, 1.54) is 18.2 Å². The van der Waals surface area contributed by atoms with E-state index in [-0.39, 0.29) is 18.0 Å². The Hall–Kier alpha value is -2.01. The van der Waals surface area contributed by atoms with Gasteiger partial charge in [0.2, 0.25) is 0 Å². The highest BCUT2D eigenvalue weighted by molar-refractivity contribution is 9.10. The van der Waals surface area contributed by atoms with Gasteiger partial charge in [0.25, 0.3) is 0 Å². The standard InChI is InChI=1S/C20H19BrO4/c1-23-20(22)8-13-11-24-19-10-15(5-6-16(13)19)25-18-7-3-12-2-4-14(21)9-17(12)18/h2,4-6,9-10,13,18H,3,7-8,11H2,1H3/t13-,18+/m1/s1. The van der Waals surface area contributed by atoms with Crippen molar-refractivity contribution >= 4 is 21.9 Å². The van der Waals surface area contributed by atoms with Gasteiger partial charge in [0.05, 0.1) is 20.1 Å². The Balaban J connectivity index is 1.51. The molecule has 0 fully saturated rings. The van der Waals surface area contributed by atoms with Crippen molar-refractivity contribution in [2.45, 2.75) is 31.3 Å². The van der Waals surface area contributed by atoms with E-state index in [1.807, 2.05) is 18.2 Å². The minimum Gasteiger partial charge on any atom is -0.492 e. The maximum atomic E-state index is 11.5. The summed E-state index contributed by atoms with van der Waals surface area (Å²) in [6.45, 7) is 0.507. The quantitative estimate of drug-likeness (QED) is 0.703. The Morgan fingerprint density at radius 2 is 2.12 bits per heavy atom. The maximum Gasteiger partial charge on any atom is 0.306 e. The van der Waals surface area contributed by atoms with E-state index in [9.17, 15) is 4.79 Å². The summed E-state index contributed by atoms with van der Waals surface area (Å²) in [7, 11) is 1.41. The Bertz CT molecular complexity index is 817. The summed E-state index contributed by atoms with van der Waals surface area (Å²) in [6, 6.07) is 12.3. The van der Waals surface area contributed by atoms with Gasteiger partial charge in [-0.3, -0.25) is 4.79 Å². The highest BCUT2D eigenvalue weighted by Crippen LogP contribution is 2.41. The lowest BCUT2D eigenvalue weighted by Crippen LogP contribution is -2.09. The molecule has 0 N–H and O–H groups in total. The minimum atomic E-state index is -0.213. The number of hydrogen-bond acceptors (Lipinski definition) is 4. The second-order valence-electron chi connectivity index (χ2n) is 6.48. The lowest BCUT2D eigenvalue weighted by atomic mass is 9.98. The fourth-order valence-electron chi connectivity index (χ4n) is 3.61. The normalized spacial score (nSPS) is 20.6. The number of fused-ring (bicyclic) bond motifs is 2. The molecule has 0 amide bonds. The maximum absolute atomic E-state index is 11.5. The first-order valence-electron chi connectivity index (χ1n) is 8.42. The van der Waals surface area contributed by atoms with Crippen LogP contribution in [0.25, 0.3) is 0 Å². The van der Waals surface area contributed by atoms with Crippen LogP contribution in [0, 0.1) is 0 Å². The summed E-state index contributed by atoms with van der Waals surface area (Å²) in [5, 5.41) is 0. The van der Waals surface area contributed by atoms with Crippen LogP contribution in [0.15, 0.2) is 40.9 Å². The van der Waals surface area contributed by atoms with Gasteiger partial charge in [-0.05, 0) is 42.2 Å². The fraction of sp³-hybridized carbons (Fsp3) is 0.350. The number of hydrogen-bond donors (Lipinski definition) is 0. The number of esters is 1. The zero-order valence-electron chi connectivity index (χ0n) is 14.0. The van der Waals surface area contributed by atoms with Gasteiger partial charge in [0.1, 0.15) is 17.6 Å². The zero-order chi connectivity index (χ0) is 17.4. The van der Waals surface area contributed by atoms with Crippen LogP contribution >= 0.6 is 15.9 Å². The zero-order valence-corrected chi connectivity index (χ0v) is 15.5. The van der Waals surface area contributed by atoms with Gasteiger partial charge in [0.15, 0.2) is 0 Å². The molecule has 0 radical (unpaired) electrons. The van der Waals surface area contributed by atoms with Gasteiger partial charge in [-0.25, -0.2) is 0 Å². The summed E-state index contributed by atoms with van der Waals surface area (Å²) < 4.78 is 17.8. The Morgan fingerprint density at radius 1 is 1.24 bits per heavy atom. The summed E-state index contributed by atoms with van der Waals surface area (Å²) >= 11 is 3.54. The van der Waals surface area contributed by atoms with Gasteiger partial charge in [-0.1, -0.05) is 28.1 Å². The van der Waals surface area contributed by atoms with Crippen LogP contribution in [0.2, 0.25) is 0 Å². The van der Waals surface area contributed by atoms with Crippen LogP contribution in [0.4, 0.5) is 0 Å². The summed E-state index contributed by atoms with van der Waals surface area (Å²) in [6.07, 6.45) is 2.43. The molecular formula is C20H19BrO4. The van der Waals surface area contributed by atoms with Crippen molar-refractivity contribution in [1.29, 1.82) is 0 Å². The molecule has 4 nitrogen and oxygen atoms in total. The third-order valence-electron chi connectivity index (χ3n) is 4.91. The molecule has 5 heteroatoms. The largest absolute Gasteiger partial charge is 0.492 e. The first-order valence-corrected chi connectivity index (χ1v) is 9.22. The average Bonchev–Trinajstić information content (AvgIpc) is 3.19. The topological polar surface area (TPSA) is 44.8 Å². The predicted octanol–water partition coefficient (Wildman–Crippen LogP) is 4.55. The lowest BCUT2D eigenvalue weighted by molar-refractivity contribution is -0.141. The average molecular weight is 403 g/mol. The third-order valence-corrected chi connectivity index (χ3v) is 5.41. The number of methoxy groups -OCH3 is 1. The third kappa shape index (κ3) is 3.25. The van der Waals surface area contributed by atoms with Crippen molar-refractivity contribution < 1.29 is 19.0 Å². The van der Waals surface area contributed by atoms with Crippen LogP contribution in [0.5, 0.6) is 11.5 Å². The fourth-order valence-corrected chi connectivity index (χ4v) is 3.98. The van der Waals surface area contributed by atoms with E-state index in [0.29, 0.717) is 13.0 Å². The van der Waals surface area contributed by atoms with E-state index in [1.54, 1.807) is 0 Å². The molecule has 1 heterocycles. The monoisotopic (exact) mass is 402 g/mol. The molecule has 2 atom stereocenters. The van der Waals surface area contributed by atoms with Crippen LogP contribution in [-0.2, 0) is 16.0 Å². The molecule has 2 aliphatic rings. The molecule has 130 valence electrons. The SMILES string of the molecule is COC(=O)C[C@@H]1COc2cc(O[C@H]3CCc4ccc(Br)cc43)ccc21. The van der Waals surface area contributed by atoms with E-state index in [2.05, 4.69) is 34.1 Å². The summed E-state index contributed by atoms with van der Waals surface area (Å²) in [4.78, 5) is 11.5. The minimum absolute atomic E-state index is 0.0552. The molecule has 1 aliphatic heterocycles. The molecule has 4 rings (SSSR count). The van der Waals surface area contributed by atoms with Crippen molar-refractivity contribution in [2.75, 3.05) is 13.7 Å². The van der Waals surface area contributed by atoms with E-state index in [4.69, 9.17) is 14.2 Å². The van der Waals surface area contributed by atoms with E-state index < -0.39 is 0 Å². The molecule has 0 aromatic heterocycles. The number of ether oxygens (including phenoxy) is 3. The van der Waals surface area contributed by atoms with Gasteiger partial charge in [-0.15, -0.1) is 0 Å². The van der Waals surface area contributed by atoms with Crippen molar-refractivity contribution in [2.24, 2.45) is 0 Å². The van der Waals surface area contributed by atoms with E-state index in [0.717, 1.165) is 34.4 Å². The van der Waals surface area contributed by atoms with Crippen LogP contribution < -0.4 is 9.47 Å². The van der Waals surface area contributed by atoms with Crippen molar-refractivity contribution in [3.63, 3.8) is 0 Å².